The van der Waals surface area contributed by atoms with Gasteiger partial charge in [-0.25, -0.2) is 0 Å². The van der Waals surface area contributed by atoms with E-state index in [-0.39, 0.29) is 0 Å². The zero-order chi connectivity index (χ0) is 11.0. The quantitative estimate of drug-likeness (QED) is 0.739. The van der Waals surface area contributed by atoms with Crippen LogP contribution in [-0.2, 0) is 0 Å². The Morgan fingerprint density at radius 2 is 2.00 bits per heavy atom. The van der Waals surface area contributed by atoms with Gasteiger partial charge in [0.1, 0.15) is 0 Å². The van der Waals surface area contributed by atoms with Gasteiger partial charge in [0.25, 0.3) is 0 Å². The van der Waals surface area contributed by atoms with E-state index in [1.807, 2.05) is 12.1 Å². The number of benzene rings is 1. The van der Waals surface area contributed by atoms with Crippen LogP contribution in [-0.4, -0.2) is 19.4 Å². The van der Waals surface area contributed by atoms with Gasteiger partial charge in [0, 0.05) is 28.7 Å². The average molecular weight is 231 g/mol. The predicted molar refractivity (Wildman–Crippen MR) is 68.7 cm³/mol. The van der Waals surface area contributed by atoms with E-state index < -0.39 is 0 Å². The first-order valence-corrected chi connectivity index (χ1v) is 6.48. The molecule has 0 radical (unpaired) electrons. The lowest BCUT2D eigenvalue weighted by molar-refractivity contribution is 0.112. The van der Waals surface area contributed by atoms with Crippen LogP contribution in [0.5, 0.6) is 0 Å². The molecule has 1 aliphatic heterocycles. The van der Waals surface area contributed by atoms with Crippen LogP contribution in [0.1, 0.15) is 23.2 Å². The van der Waals surface area contributed by atoms with Gasteiger partial charge >= 0.3 is 0 Å². The third-order valence-corrected chi connectivity index (χ3v) is 4.07. The molecule has 0 unspecified atom stereocenters. The molecule has 2 nitrogen and oxygen atoms in total. The molecular formula is C13H13NOS. The molecule has 0 saturated carbocycles. The van der Waals surface area contributed by atoms with Gasteiger partial charge in [0.05, 0.1) is 5.69 Å². The first-order valence-electron chi connectivity index (χ1n) is 5.60. The van der Waals surface area contributed by atoms with Crippen LogP contribution in [0.25, 0.3) is 10.1 Å². The highest BCUT2D eigenvalue weighted by molar-refractivity contribution is 7.17. The number of thiophene rings is 1. The number of anilines is 1. The van der Waals surface area contributed by atoms with E-state index >= 15 is 0 Å². The molecule has 2 heterocycles. The molecule has 1 aromatic carbocycles. The maximum Gasteiger partial charge on any atom is 0.152 e. The van der Waals surface area contributed by atoms with E-state index in [2.05, 4.69) is 16.3 Å². The molecule has 2 aromatic rings. The molecular weight excluding hydrogens is 218 g/mol. The Bertz CT molecular complexity index is 526. The van der Waals surface area contributed by atoms with Crippen molar-refractivity contribution in [2.75, 3.05) is 18.0 Å². The van der Waals surface area contributed by atoms with E-state index in [1.165, 1.54) is 22.9 Å². The summed E-state index contributed by atoms with van der Waals surface area (Å²) in [7, 11) is 0. The minimum atomic E-state index is 0.827. The second-order valence-electron chi connectivity index (χ2n) is 4.15. The Morgan fingerprint density at radius 3 is 2.75 bits per heavy atom. The Kier molecular flexibility index (Phi) is 2.40. The van der Waals surface area contributed by atoms with Crippen molar-refractivity contribution in [3.8, 4) is 0 Å². The van der Waals surface area contributed by atoms with E-state index in [0.717, 1.165) is 30.6 Å². The number of carbonyl (C=O) groups excluding carboxylic acids is 1. The second-order valence-corrected chi connectivity index (χ2v) is 5.10. The van der Waals surface area contributed by atoms with Crippen LogP contribution in [0.2, 0.25) is 0 Å². The number of hydrogen-bond donors (Lipinski definition) is 0. The number of rotatable bonds is 2. The highest BCUT2D eigenvalue weighted by atomic mass is 32.1. The molecule has 1 saturated heterocycles. The van der Waals surface area contributed by atoms with Gasteiger partial charge in [-0.15, -0.1) is 11.3 Å². The molecule has 16 heavy (non-hydrogen) atoms. The molecule has 0 aliphatic carbocycles. The minimum absolute atomic E-state index is 0.827. The largest absolute Gasteiger partial charge is 0.370 e. The van der Waals surface area contributed by atoms with Gasteiger partial charge < -0.3 is 4.90 Å². The molecule has 0 spiro atoms. The van der Waals surface area contributed by atoms with Crippen molar-refractivity contribution < 1.29 is 4.79 Å². The lowest BCUT2D eigenvalue weighted by atomic mass is 10.1. The summed E-state index contributed by atoms with van der Waals surface area (Å²) in [5.74, 6) is 0. The van der Waals surface area contributed by atoms with Crippen LogP contribution in [0.3, 0.4) is 0 Å². The number of nitrogens with zero attached hydrogens (tertiary/aromatic N) is 1. The molecule has 3 rings (SSSR count). The molecule has 82 valence electrons. The van der Waals surface area contributed by atoms with Gasteiger partial charge in [-0.2, -0.15) is 0 Å². The summed E-state index contributed by atoms with van der Waals surface area (Å²) in [6.45, 7) is 2.16. The third-order valence-electron chi connectivity index (χ3n) is 3.19. The SMILES string of the molecule is O=Cc1ccc2sccc2c1N1CCCC1. The summed E-state index contributed by atoms with van der Waals surface area (Å²) < 4.78 is 1.27. The van der Waals surface area contributed by atoms with Crippen molar-refractivity contribution in [2.45, 2.75) is 12.8 Å². The Hall–Kier alpha value is -1.35. The first kappa shape index (κ1) is 9.85. The van der Waals surface area contributed by atoms with Crippen molar-refractivity contribution in [3.63, 3.8) is 0 Å². The summed E-state index contributed by atoms with van der Waals surface area (Å²) in [6, 6.07) is 6.11. The number of hydrogen-bond acceptors (Lipinski definition) is 3. The lowest BCUT2D eigenvalue weighted by Crippen LogP contribution is -2.19. The van der Waals surface area contributed by atoms with E-state index in [0.29, 0.717) is 0 Å². The van der Waals surface area contributed by atoms with Crippen molar-refractivity contribution in [3.05, 3.63) is 29.1 Å². The summed E-state index contributed by atoms with van der Waals surface area (Å²) in [5, 5.41) is 3.33. The fourth-order valence-corrected chi connectivity index (χ4v) is 3.22. The molecule has 0 bridgehead atoms. The molecule has 0 N–H and O–H groups in total. The average Bonchev–Trinajstić information content (AvgIpc) is 2.98. The number of fused-ring (bicyclic) bond motifs is 1. The minimum Gasteiger partial charge on any atom is -0.370 e. The number of aldehydes is 1. The normalized spacial score (nSPS) is 15.9. The maximum absolute atomic E-state index is 11.1. The Morgan fingerprint density at radius 1 is 1.19 bits per heavy atom. The molecule has 1 fully saturated rings. The molecule has 1 aromatic heterocycles. The van der Waals surface area contributed by atoms with E-state index in [1.54, 1.807) is 11.3 Å². The summed E-state index contributed by atoms with van der Waals surface area (Å²) in [5.41, 5.74) is 1.97. The van der Waals surface area contributed by atoms with E-state index in [4.69, 9.17) is 0 Å². The molecule has 0 atom stereocenters. The highest BCUT2D eigenvalue weighted by Gasteiger charge is 2.18. The molecule has 1 aliphatic rings. The van der Waals surface area contributed by atoms with Crippen molar-refractivity contribution in [2.24, 2.45) is 0 Å². The maximum atomic E-state index is 11.1. The fraction of sp³-hybridized carbons (Fsp3) is 0.308. The Balaban J connectivity index is 2.23. The second kappa shape index (κ2) is 3.91. The van der Waals surface area contributed by atoms with Crippen LogP contribution in [0.15, 0.2) is 23.6 Å². The zero-order valence-electron chi connectivity index (χ0n) is 8.98. The highest BCUT2D eigenvalue weighted by Crippen LogP contribution is 2.34. The fourth-order valence-electron chi connectivity index (χ4n) is 2.43. The van der Waals surface area contributed by atoms with Gasteiger partial charge in [-0.05, 0) is 36.4 Å². The lowest BCUT2D eigenvalue weighted by Gasteiger charge is -2.20. The monoisotopic (exact) mass is 231 g/mol. The summed E-state index contributed by atoms with van der Waals surface area (Å²) in [6.07, 6.45) is 3.45. The summed E-state index contributed by atoms with van der Waals surface area (Å²) >= 11 is 1.74. The van der Waals surface area contributed by atoms with E-state index in [9.17, 15) is 4.79 Å². The molecule has 3 heteroatoms. The van der Waals surface area contributed by atoms with Crippen LogP contribution in [0.4, 0.5) is 5.69 Å². The Labute approximate surface area is 98.5 Å². The van der Waals surface area contributed by atoms with Crippen LogP contribution >= 0.6 is 11.3 Å². The van der Waals surface area contributed by atoms with Gasteiger partial charge in [0.2, 0.25) is 0 Å². The zero-order valence-corrected chi connectivity index (χ0v) is 9.80. The van der Waals surface area contributed by atoms with Gasteiger partial charge in [-0.3, -0.25) is 4.79 Å². The summed E-state index contributed by atoms with van der Waals surface area (Å²) in [4.78, 5) is 13.5. The third kappa shape index (κ3) is 1.43. The smallest absolute Gasteiger partial charge is 0.152 e. The standard InChI is InChI=1S/C13H13NOS/c15-9-10-3-4-12-11(5-8-16-12)13(10)14-6-1-2-7-14/h3-5,8-9H,1-2,6-7H2. The van der Waals surface area contributed by atoms with Crippen molar-refractivity contribution in [1.29, 1.82) is 0 Å². The van der Waals surface area contributed by atoms with Crippen molar-refractivity contribution >= 4 is 33.4 Å². The first-order chi connectivity index (χ1) is 7.90. The van der Waals surface area contributed by atoms with Crippen molar-refractivity contribution in [1.82, 2.24) is 0 Å². The predicted octanol–water partition coefficient (Wildman–Crippen LogP) is 3.31. The van der Waals surface area contributed by atoms with Crippen LogP contribution < -0.4 is 4.90 Å². The number of carbonyl (C=O) groups is 1. The van der Waals surface area contributed by atoms with Crippen LogP contribution in [0, 0.1) is 0 Å². The van der Waals surface area contributed by atoms with Gasteiger partial charge in [0.15, 0.2) is 6.29 Å². The van der Waals surface area contributed by atoms with Gasteiger partial charge in [-0.1, -0.05) is 0 Å². The topological polar surface area (TPSA) is 20.3 Å². The molecule has 0 amide bonds.